The van der Waals surface area contributed by atoms with E-state index in [2.05, 4.69) is 34.9 Å². The zero-order valence-corrected chi connectivity index (χ0v) is 20.1. The Hall–Kier alpha value is -3.39. The van der Waals surface area contributed by atoms with Gasteiger partial charge in [0.2, 0.25) is 5.91 Å². The summed E-state index contributed by atoms with van der Waals surface area (Å²) in [6, 6.07) is 16.2. The van der Waals surface area contributed by atoms with Gasteiger partial charge in [-0.3, -0.25) is 4.79 Å². The third kappa shape index (κ3) is 4.89. The Labute approximate surface area is 205 Å². The van der Waals surface area contributed by atoms with Crippen molar-refractivity contribution in [2.45, 2.75) is 44.6 Å². The van der Waals surface area contributed by atoms with E-state index in [1.165, 1.54) is 6.92 Å². The molecule has 2 aliphatic rings. The number of carboxylic acids is 1. The number of ether oxygens (including phenoxy) is 2. The highest BCUT2D eigenvalue weighted by molar-refractivity contribution is 5.90. The monoisotopic (exact) mass is 480 g/mol. The van der Waals surface area contributed by atoms with Crippen LogP contribution in [0.3, 0.4) is 0 Å². The van der Waals surface area contributed by atoms with Gasteiger partial charge in [0.15, 0.2) is 0 Å². The molecular weight excluding hydrogens is 448 g/mol. The molecule has 0 saturated carbocycles. The van der Waals surface area contributed by atoms with Crippen LogP contribution in [-0.4, -0.2) is 55.0 Å². The van der Waals surface area contributed by atoms with E-state index in [0.29, 0.717) is 26.1 Å². The number of carboxylic acid groups (broad SMARTS) is 1. The van der Waals surface area contributed by atoms with Gasteiger partial charge in [0, 0.05) is 25.7 Å². The maximum Gasteiger partial charge on any atom is 0.407 e. The lowest BCUT2D eigenvalue weighted by Crippen LogP contribution is -2.59. The molecular formula is C27H32N2O6. The second kappa shape index (κ2) is 10.1. The first-order valence-electron chi connectivity index (χ1n) is 12.0. The fourth-order valence-corrected chi connectivity index (χ4v) is 4.81. The molecule has 0 bridgehead atoms. The SMILES string of the molecule is CCC(C)(NC(=O)C1(CNC(=O)OCC2c3ccccc3-c3ccccc32)CCOCC1)C(=O)O. The summed E-state index contributed by atoms with van der Waals surface area (Å²) < 4.78 is 11.0. The molecule has 1 aliphatic heterocycles. The van der Waals surface area contributed by atoms with Crippen LogP contribution in [0.5, 0.6) is 0 Å². The summed E-state index contributed by atoms with van der Waals surface area (Å²) in [7, 11) is 0. The van der Waals surface area contributed by atoms with Crippen molar-refractivity contribution in [3.63, 3.8) is 0 Å². The molecule has 1 heterocycles. The van der Waals surface area contributed by atoms with Gasteiger partial charge in [-0.15, -0.1) is 0 Å². The van der Waals surface area contributed by atoms with Gasteiger partial charge in [0.05, 0.1) is 5.41 Å². The minimum atomic E-state index is -1.38. The highest BCUT2D eigenvalue weighted by Gasteiger charge is 2.44. The smallest absolute Gasteiger partial charge is 0.407 e. The Balaban J connectivity index is 1.41. The number of hydrogen-bond donors (Lipinski definition) is 3. The second-order valence-corrected chi connectivity index (χ2v) is 9.52. The van der Waals surface area contributed by atoms with Gasteiger partial charge in [-0.2, -0.15) is 0 Å². The number of carbonyl (C=O) groups excluding carboxylic acids is 2. The molecule has 1 unspecified atom stereocenters. The van der Waals surface area contributed by atoms with Crippen LogP contribution in [0.25, 0.3) is 11.1 Å². The number of hydrogen-bond acceptors (Lipinski definition) is 5. The molecule has 0 aromatic heterocycles. The standard InChI is InChI=1S/C27H32N2O6/c1-3-26(2,24(31)32)29-23(30)27(12-14-34-15-13-27)17-28-25(33)35-16-22-20-10-6-4-8-18(20)19-9-5-7-11-21(19)22/h4-11,22H,3,12-17H2,1-2H3,(H,28,33)(H,29,30)(H,31,32). The van der Waals surface area contributed by atoms with Crippen molar-refractivity contribution in [2.75, 3.05) is 26.4 Å². The molecule has 8 nitrogen and oxygen atoms in total. The molecule has 8 heteroatoms. The normalized spacial score (nSPS) is 18.0. The lowest BCUT2D eigenvalue weighted by atomic mass is 9.78. The predicted octanol–water partition coefficient (Wildman–Crippen LogP) is 3.69. The minimum absolute atomic E-state index is 0.0400. The highest BCUT2D eigenvalue weighted by Crippen LogP contribution is 2.44. The maximum absolute atomic E-state index is 13.2. The Morgan fingerprint density at radius 3 is 2.17 bits per heavy atom. The van der Waals surface area contributed by atoms with Crippen LogP contribution in [-0.2, 0) is 19.1 Å². The van der Waals surface area contributed by atoms with E-state index in [1.807, 2.05) is 24.3 Å². The van der Waals surface area contributed by atoms with Gasteiger partial charge in [0.1, 0.15) is 12.1 Å². The summed E-state index contributed by atoms with van der Waals surface area (Å²) in [5, 5.41) is 15.0. The van der Waals surface area contributed by atoms with Crippen molar-refractivity contribution >= 4 is 18.0 Å². The molecule has 4 rings (SSSR count). The summed E-state index contributed by atoms with van der Waals surface area (Å²) in [4.78, 5) is 37.6. The molecule has 1 saturated heterocycles. The minimum Gasteiger partial charge on any atom is -0.480 e. The number of nitrogens with one attached hydrogen (secondary N) is 2. The fourth-order valence-electron chi connectivity index (χ4n) is 4.81. The van der Waals surface area contributed by atoms with E-state index in [4.69, 9.17) is 9.47 Å². The van der Waals surface area contributed by atoms with Crippen molar-refractivity contribution < 1.29 is 29.0 Å². The summed E-state index contributed by atoms with van der Waals surface area (Å²) in [6.07, 6.45) is 0.381. The van der Waals surface area contributed by atoms with Crippen LogP contribution in [0, 0.1) is 5.41 Å². The second-order valence-electron chi connectivity index (χ2n) is 9.52. The van der Waals surface area contributed by atoms with Gasteiger partial charge >= 0.3 is 12.1 Å². The third-order valence-corrected chi connectivity index (χ3v) is 7.41. The zero-order chi connectivity index (χ0) is 25.1. The van der Waals surface area contributed by atoms with Crippen molar-refractivity contribution in [1.29, 1.82) is 0 Å². The number of benzene rings is 2. The molecule has 2 amide bonds. The topological polar surface area (TPSA) is 114 Å². The highest BCUT2D eigenvalue weighted by atomic mass is 16.5. The molecule has 2 aromatic rings. The van der Waals surface area contributed by atoms with Crippen LogP contribution in [0.2, 0.25) is 0 Å². The predicted molar refractivity (Wildman–Crippen MR) is 130 cm³/mol. The summed E-state index contributed by atoms with van der Waals surface area (Å²) in [5.74, 6) is -1.55. The third-order valence-electron chi connectivity index (χ3n) is 7.41. The molecule has 0 spiro atoms. The molecule has 1 atom stereocenters. The van der Waals surface area contributed by atoms with E-state index >= 15 is 0 Å². The number of fused-ring (bicyclic) bond motifs is 3. The van der Waals surface area contributed by atoms with Gasteiger partial charge < -0.3 is 25.2 Å². The van der Waals surface area contributed by atoms with Crippen molar-refractivity contribution in [2.24, 2.45) is 5.41 Å². The van der Waals surface area contributed by atoms with E-state index in [9.17, 15) is 19.5 Å². The number of carbonyl (C=O) groups is 3. The number of rotatable bonds is 8. The lowest BCUT2D eigenvalue weighted by molar-refractivity contribution is -0.150. The molecule has 35 heavy (non-hydrogen) atoms. The number of amides is 2. The van der Waals surface area contributed by atoms with Crippen molar-refractivity contribution in [3.8, 4) is 11.1 Å². The van der Waals surface area contributed by atoms with E-state index in [0.717, 1.165) is 22.3 Å². The molecule has 186 valence electrons. The van der Waals surface area contributed by atoms with Crippen LogP contribution < -0.4 is 10.6 Å². The lowest BCUT2D eigenvalue weighted by Gasteiger charge is -2.38. The average molecular weight is 481 g/mol. The van der Waals surface area contributed by atoms with Gasteiger partial charge in [-0.1, -0.05) is 55.5 Å². The Morgan fingerprint density at radius 1 is 1.06 bits per heavy atom. The van der Waals surface area contributed by atoms with Gasteiger partial charge in [-0.05, 0) is 48.4 Å². The van der Waals surface area contributed by atoms with E-state index in [1.54, 1.807) is 6.92 Å². The fraction of sp³-hybridized carbons (Fsp3) is 0.444. The first kappa shape index (κ1) is 24.7. The molecule has 3 N–H and O–H groups in total. The molecule has 0 radical (unpaired) electrons. The average Bonchev–Trinajstić information content (AvgIpc) is 3.20. The van der Waals surface area contributed by atoms with Gasteiger partial charge in [0.25, 0.3) is 0 Å². The quantitative estimate of drug-likeness (QED) is 0.531. The van der Waals surface area contributed by atoms with Crippen LogP contribution in [0.4, 0.5) is 4.79 Å². The molecule has 1 fully saturated rings. The van der Waals surface area contributed by atoms with Gasteiger partial charge in [-0.25, -0.2) is 9.59 Å². The maximum atomic E-state index is 13.2. The van der Waals surface area contributed by atoms with Crippen molar-refractivity contribution in [3.05, 3.63) is 59.7 Å². The van der Waals surface area contributed by atoms with E-state index < -0.39 is 28.9 Å². The Kier molecular flexibility index (Phi) is 7.12. The zero-order valence-electron chi connectivity index (χ0n) is 20.1. The molecule has 2 aromatic carbocycles. The van der Waals surface area contributed by atoms with E-state index in [-0.39, 0.29) is 25.5 Å². The van der Waals surface area contributed by atoms with Crippen LogP contribution in [0.1, 0.15) is 50.2 Å². The Morgan fingerprint density at radius 2 is 1.63 bits per heavy atom. The summed E-state index contributed by atoms with van der Waals surface area (Å²) >= 11 is 0. The first-order chi connectivity index (χ1) is 16.8. The summed E-state index contributed by atoms with van der Waals surface area (Å²) in [5.41, 5.74) is 2.19. The number of alkyl carbamates (subject to hydrolysis) is 1. The Bertz CT molecular complexity index is 1060. The summed E-state index contributed by atoms with van der Waals surface area (Å²) in [6.45, 7) is 4.12. The largest absolute Gasteiger partial charge is 0.480 e. The number of aliphatic carboxylic acids is 1. The van der Waals surface area contributed by atoms with Crippen molar-refractivity contribution in [1.82, 2.24) is 10.6 Å². The first-order valence-corrected chi connectivity index (χ1v) is 12.0. The van der Waals surface area contributed by atoms with Crippen LogP contribution in [0.15, 0.2) is 48.5 Å². The van der Waals surface area contributed by atoms with Crippen LogP contribution >= 0.6 is 0 Å². The molecule has 1 aliphatic carbocycles.